The molecule has 1 aliphatic carbocycles. The Morgan fingerprint density at radius 2 is 2.38 bits per heavy atom. The Bertz CT molecular complexity index is 336. The number of nitrogens with one attached hydrogen (secondary N) is 1. The summed E-state index contributed by atoms with van der Waals surface area (Å²) in [6, 6.07) is 2.85. The van der Waals surface area contributed by atoms with Crippen molar-refractivity contribution in [3.63, 3.8) is 0 Å². The maximum absolute atomic E-state index is 3.71. The molecule has 90 valence electrons. The molecule has 1 nitrogen and oxygen atoms in total. The summed E-state index contributed by atoms with van der Waals surface area (Å²) >= 11 is 5.50. The molecule has 0 amide bonds. The summed E-state index contributed by atoms with van der Waals surface area (Å²) in [5.74, 6) is 1.83. The van der Waals surface area contributed by atoms with Gasteiger partial charge in [0.1, 0.15) is 0 Å². The van der Waals surface area contributed by atoms with Gasteiger partial charge in [-0.25, -0.2) is 0 Å². The fraction of sp³-hybridized carbons (Fsp3) is 0.692. The molecule has 0 aromatic carbocycles. The van der Waals surface area contributed by atoms with Gasteiger partial charge in [-0.1, -0.05) is 13.8 Å². The van der Waals surface area contributed by atoms with Gasteiger partial charge in [0.15, 0.2) is 0 Å². The first-order valence-corrected chi connectivity index (χ1v) is 7.85. The van der Waals surface area contributed by atoms with E-state index in [0.29, 0.717) is 6.04 Å². The zero-order valence-corrected chi connectivity index (χ0v) is 12.4. The van der Waals surface area contributed by atoms with Crippen LogP contribution in [0.1, 0.15) is 31.6 Å². The third-order valence-corrected chi connectivity index (χ3v) is 5.39. The van der Waals surface area contributed by atoms with Crippen molar-refractivity contribution in [1.29, 1.82) is 0 Å². The summed E-state index contributed by atoms with van der Waals surface area (Å²) in [7, 11) is 0. The second kappa shape index (κ2) is 5.65. The van der Waals surface area contributed by atoms with Crippen LogP contribution in [0.5, 0.6) is 0 Å². The summed E-state index contributed by atoms with van der Waals surface area (Å²) in [4.78, 5) is 1.49. The van der Waals surface area contributed by atoms with Crippen LogP contribution in [-0.4, -0.2) is 12.6 Å². The van der Waals surface area contributed by atoms with Gasteiger partial charge in [0, 0.05) is 15.4 Å². The van der Waals surface area contributed by atoms with Crippen molar-refractivity contribution in [2.75, 3.05) is 6.54 Å². The van der Waals surface area contributed by atoms with Gasteiger partial charge < -0.3 is 5.32 Å². The zero-order chi connectivity index (χ0) is 11.5. The molecule has 0 aliphatic heterocycles. The van der Waals surface area contributed by atoms with E-state index in [1.807, 2.05) is 11.3 Å². The topological polar surface area (TPSA) is 12.0 Å². The quantitative estimate of drug-likeness (QED) is 0.835. The smallest absolute Gasteiger partial charge is 0.0314 e. The summed E-state index contributed by atoms with van der Waals surface area (Å²) in [6.07, 6.45) is 3.82. The van der Waals surface area contributed by atoms with Crippen LogP contribution in [0.15, 0.2) is 15.9 Å². The van der Waals surface area contributed by atoms with Crippen LogP contribution in [-0.2, 0) is 6.42 Å². The molecule has 3 unspecified atom stereocenters. The lowest BCUT2D eigenvalue weighted by Crippen LogP contribution is -2.34. The average Bonchev–Trinajstić information content (AvgIpc) is 2.85. The van der Waals surface area contributed by atoms with Gasteiger partial charge in [-0.15, -0.1) is 11.3 Å². The maximum Gasteiger partial charge on any atom is 0.0314 e. The molecular formula is C13H20BrNS. The van der Waals surface area contributed by atoms with E-state index in [9.17, 15) is 0 Å². The van der Waals surface area contributed by atoms with Crippen molar-refractivity contribution < 1.29 is 0 Å². The van der Waals surface area contributed by atoms with Gasteiger partial charge in [-0.3, -0.25) is 0 Å². The van der Waals surface area contributed by atoms with Crippen molar-refractivity contribution in [3.05, 3.63) is 20.8 Å². The van der Waals surface area contributed by atoms with Gasteiger partial charge in [-0.2, -0.15) is 0 Å². The van der Waals surface area contributed by atoms with Crippen LogP contribution in [0, 0.1) is 11.8 Å². The third-order valence-electron chi connectivity index (χ3n) is 3.44. The van der Waals surface area contributed by atoms with Gasteiger partial charge in [0.25, 0.3) is 0 Å². The molecule has 1 saturated carbocycles. The predicted octanol–water partition coefficient (Wildman–Crippen LogP) is 4.08. The molecule has 1 aromatic rings. The van der Waals surface area contributed by atoms with Crippen LogP contribution in [0.3, 0.4) is 0 Å². The van der Waals surface area contributed by atoms with Crippen LogP contribution >= 0.6 is 27.3 Å². The van der Waals surface area contributed by atoms with Crippen molar-refractivity contribution >= 4 is 27.3 Å². The third kappa shape index (κ3) is 3.08. The Labute approximate surface area is 111 Å². The highest BCUT2D eigenvalue weighted by atomic mass is 79.9. The summed E-state index contributed by atoms with van der Waals surface area (Å²) in [5.41, 5.74) is 0. The minimum atomic E-state index is 0.685. The van der Waals surface area contributed by atoms with E-state index >= 15 is 0 Å². The van der Waals surface area contributed by atoms with Crippen molar-refractivity contribution in [1.82, 2.24) is 5.32 Å². The lowest BCUT2D eigenvalue weighted by atomic mass is 10.1. The average molecular weight is 302 g/mol. The SMILES string of the molecule is CCCNC(Cc1sccc1Br)C1CC1C. The monoisotopic (exact) mass is 301 g/mol. The molecule has 0 spiro atoms. The summed E-state index contributed by atoms with van der Waals surface area (Å²) in [6.45, 7) is 5.76. The van der Waals surface area contributed by atoms with E-state index in [1.165, 1.54) is 28.6 Å². The fourth-order valence-electron chi connectivity index (χ4n) is 2.29. The molecule has 2 rings (SSSR count). The first-order valence-electron chi connectivity index (χ1n) is 6.17. The van der Waals surface area contributed by atoms with Gasteiger partial charge in [-0.05, 0) is 65.0 Å². The van der Waals surface area contributed by atoms with Crippen LogP contribution in [0.2, 0.25) is 0 Å². The number of hydrogen-bond donors (Lipinski definition) is 1. The van der Waals surface area contributed by atoms with Crippen LogP contribution < -0.4 is 5.32 Å². The number of thiophene rings is 1. The van der Waals surface area contributed by atoms with E-state index in [2.05, 4.69) is 46.5 Å². The second-order valence-electron chi connectivity index (χ2n) is 4.83. The van der Waals surface area contributed by atoms with Crippen molar-refractivity contribution in [2.24, 2.45) is 11.8 Å². The minimum Gasteiger partial charge on any atom is -0.313 e. The van der Waals surface area contributed by atoms with Crippen molar-refractivity contribution in [3.8, 4) is 0 Å². The minimum absolute atomic E-state index is 0.685. The van der Waals surface area contributed by atoms with Gasteiger partial charge in [0.2, 0.25) is 0 Å². The Morgan fingerprint density at radius 1 is 1.62 bits per heavy atom. The molecule has 0 radical (unpaired) electrons. The Kier molecular flexibility index (Phi) is 4.45. The van der Waals surface area contributed by atoms with Crippen LogP contribution in [0.25, 0.3) is 0 Å². The molecule has 1 heterocycles. The molecule has 0 saturated heterocycles. The van der Waals surface area contributed by atoms with Crippen molar-refractivity contribution in [2.45, 2.75) is 39.2 Å². The lowest BCUT2D eigenvalue weighted by molar-refractivity contribution is 0.445. The number of hydrogen-bond acceptors (Lipinski definition) is 2. The normalized spacial score (nSPS) is 25.7. The largest absolute Gasteiger partial charge is 0.313 e. The summed E-state index contributed by atoms with van der Waals surface area (Å²) in [5, 5.41) is 5.89. The summed E-state index contributed by atoms with van der Waals surface area (Å²) < 4.78 is 1.29. The zero-order valence-electron chi connectivity index (χ0n) is 10.0. The Balaban J connectivity index is 1.94. The standard InChI is InChI=1S/C13H20BrNS/c1-3-5-15-12(10-7-9(10)2)8-13-11(14)4-6-16-13/h4,6,9-10,12,15H,3,5,7-8H2,1-2H3. The van der Waals surface area contributed by atoms with Gasteiger partial charge >= 0.3 is 0 Å². The Morgan fingerprint density at radius 3 is 2.88 bits per heavy atom. The number of rotatable bonds is 6. The maximum atomic E-state index is 3.71. The fourth-order valence-corrected chi connectivity index (χ4v) is 3.86. The lowest BCUT2D eigenvalue weighted by Gasteiger charge is -2.18. The molecule has 1 aromatic heterocycles. The second-order valence-corrected chi connectivity index (χ2v) is 6.69. The predicted molar refractivity (Wildman–Crippen MR) is 75.1 cm³/mol. The highest BCUT2D eigenvalue weighted by Crippen LogP contribution is 2.42. The number of halogens is 1. The molecule has 1 N–H and O–H groups in total. The van der Waals surface area contributed by atoms with E-state index in [-0.39, 0.29) is 0 Å². The highest BCUT2D eigenvalue weighted by molar-refractivity contribution is 9.10. The Hall–Kier alpha value is 0.140. The molecule has 3 heteroatoms. The van der Waals surface area contributed by atoms with E-state index in [4.69, 9.17) is 0 Å². The first kappa shape index (κ1) is 12.6. The van der Waals surface area contributed by atoms with E-state index < -0.39 is 0 Å². The van der Waals surface area contributed by atoms with E-state index in [1.54, 1.807) is 0 Å². The van der Waals surface area contributed by atoms with E-state index in [0.717, 1.165) is 18.4 Å². The van der Waals surface area contributed by atoms with Gasteiger partial charge in [0.05, 0.1) is 0 Å². The molecule has 3 atom stereocenters. The molecule has 1 aliphatic rings. The first-order chi connectivity index (χ1) is 7.72. The highest BCUT2D eigenvalue weighted by Gasteiger charge is 2.39. The molecule has 0 bridgehead atoms. The molecule has 16 heavy (non-hydrogen) atoms. The van der Waals surface area contributed by atoms with Crippen LogP contribution in [0.4, 0.5) is 0 Å². The molecular weight excluding hydrogens is 282 g/mol. The molecule has 1 fully saturated rings.